The SMILES string of the molecule is CCN(CC(C)(C)O)C(CN)C(F)(F)F. The highest BCUT2D eigenvalue weighted by Crippen LogP contribution is 2.25. The molecule has 0 amide bonds. The summed E-state index contributed by atoms with van der Waals surface area (Å²) in [6, 6.07) is -1.69. The van der Waals surface area contributed by atoms with Crippen LogP contribution in [0.25, 0.3) is 0 Å². The first-order chi connectivity index (χ1) is 6.61. The van der Waals surface area contributed by atoms with Crippen LogP contribution in [-0.4, -0.2) is 47.5 Å². The van der Waals surface area contributed by atoms with Gasteiger partial charge in [0.2, 0.25) is 0 Å². The van der Waals surface area contributed by atoms with Crippen LogP contribution in [0.4, 0.5) is 13.2 Å². The van der Waals surface area contributed by atoms with Crippen LogP contribution in [0, 0.1) is 0 Å². The Labute approximate surface area is 88.0 Å². The monoisotopic (exact) mass is 228 g/mol. The first-order valence-electron chi connectivity index (χ1n) is 4.85. The smallest absolute Gasteiger partial charge is 0.389 e. The number of nitrogens with zero attached hydrogens (tertiary/aromatic N) is 1. The Bertz CT molecular complexity index is 189. The van der Waals surface area contributed by atoms with E-state index in [1.807, 2.05) is 0 Å². The minimum atomic E-state index is -4.35. The fourth-order valence-electron chi connectivity index (χ4n) is 1.43. The third-order valence-corrected chi connectivity index (χ3v) is 2.04. The number of hydrogen-bond donors (Lipinski definition) is 2. The summed E-state index contributed by atoms with van der Waals surface area (Å²) in [5, 5.41) is 9.48. The lowest BCUT2D eigenvalue weighted by atomic mass is 10.1. The molecule has 0 aliphatic carbocycles. The third-order valence-electron chi connectivity index (χ3n) is 2.04. The van der Waals surface area contributed by atoms with Crippen LogP contribution in [-0.2, 0) is 0 Å². The summed E-state index contributed by atoms with van der Waals surface area (Å²) in [5.74, 6) is 0. The molecule has 3 nitrogen and oxygen atoms in total. The second-order valence-corrected chi connectivity index (χ2v) is 4.17. The summed E-state index contributed by atoms with van der Waals surface area (Å²) in [6.45, 7) is 4.21. The van der Waals surface area contributed by atoms with Gasteiger partial charge in [0, 0.05) is 13.1 Å². The molecule has 0 saturated carbocycles. The molecule has 0 heterocycles. The molecule has 0 aliphatic heterocycles. The van der Waals surface area contributed by atoms with Crippen LogP contribution in [0.15, 0.2) is 0 Å². The standard InChI is InChI=1S/C9H19F3N2O/c1-4-14(6-8(2,3)15)7(5-13)9(10,11)12/h7,15H,4-6,13H2,1-3H3. The number of nitrogens with two attached hydrogens (primary N) is 1. The lowest BCUT2D eigenvalue weighted by Crippen LogP contribution is -2.54. The van der Waals surface area contributed by atoms with E-state index < -0.39 is 24.4 Å². The molecule has 6 heteroatoms. The second-order valence-electron chi connectivity index (χ2n) is 4.17. The van der Waals surface area contributed by atoms with Crippen molar-refractivity contribution < 1.29 is 18.3 Å². The van der Waals surface area contributed by atoms with E-state index in [1.54, 1.807) is 6.92 Å². The first kappa shape index (κ1) is 14.7. The van der Waals surface area contributed by atoms with E-state index in [2.05, 4.69) is 0 Å². The Morgan fingerprint density at radius 1 is 1.33 bits per heavy atom. The van der Waals surface area contributed by atoms with E-state index >= 15 is 0 Å². The second kappa shape index (κ2) is 5.14. The normalized spacial score (nSPS) is 15.8. The van der Waals surface area contributed by atoms with Crippen molar-refractivity contribution in [1.29, 1.82) is 0 Å². The summed E-state index contributed by atoms with van der Waals surface area (Å²) in [4.78, 5) is 1.14. The quantitative estimate of drug-likeness (QED) is 0.737. The number of rotatable bonds is 5. The van der Waals surface area contributed by atoms with E-state index in [1.165, 1.54) is 13.8 Å². The van der Waals surface area contributed by atoms with Gasteiger partial charge in [0.05, 0.1) is 5.60 Å². The lowest BCUT2D eigenvalue weighted by molar-refractivity contribution is -0.185. The average molecular weight is 228 g/mol. The van der Waals surface area contributed by atoms with Crippen LogP contribution in [0.1, 0.15) is 20.8 Å². The first-order valence-corrected chi connectivity index (χ1v) is 4.85. The van der Waals surface area contributed by atoms with Crippen molar-refractivity contribution in [1.82, 2.24) is 4.90 Å². The van der Waals surface area contributed by atoms with Gasteiger partial charge in [-0.1, -0.05) is 6.92 Å². The molecule has 0 rings (SSSR count). The zero-order valence-corrected chi connectivity index (χ0v) is 9.30. The summed E-state index contributed by atoms with van der Waals surface area (Å²) in [6.07, 6.45) is -4.35. The maximum atomic E-state index is 12.5. The third kappa shape index (κ3) is 5.34. The molecule has 0 aromatic carbocycles. The Kier molecular flexibility index (Phi) is 5.02. The molecular formula is C9H19F3N2O. The van der Waals surface area contributed by atoms with Gasteiger partial charge in [0.15, 0.2) is 0 Å². The maximum absolute atomic E-state index is 12.5. The Morgan fingerprint density at radius 3 is 2.00 bits per heavy atom. The highest BCUT2D eigenvalue weighted by molar-refractivity contribution is 4.83. The van der Waals surface area contributed by atoms with Gasteiger partial charge in [-0.2, -0.15) is 13.2 Å². The maximum Gasteiger partial charge on any atom is 0.405 e. The molecule has 0 aliphatic rings. The number of halogens is 3. The minimum absolute atomic E-state index is 0.0507. The predicted molar refractivity (Wildman–Crippen MR) is 52.4 cm³/mol. The molecule has 0 fully saturated rings. The Balaban J connectivity index is 4.63. The fourth-order valence-corrected chi connectivity index (χ4v) is 1.43. The molecular weight excluding hydrogens is 209 g/mol. The van der Waals surface area contributed by atoms with E-state index in [0.717, 1.165) is 4.90 Å². The lowest BCUT2D eigenvalue weighted by Gasteiger charge is -2.35. The molecule has 1 unspecified atom stereocenters. The molecule has 92 valence electrons. The molecule has 0 aromatic rings. The van der Waals surface area contributed by atoms with Gasteiger partial charge in [0.1, 0.15) is 6.04 Å². The summed E-state index contributed by atoms with van der Waals surface area (Å²) in [5.41, 5.74) is 3.95. The summed E-state index contributed by atoms with van der Waals surface area (Å²) < 4.78 is 37.6. The van der Waals surface area contributed by atoms with Crippen molar-refractivity contribution in [2.75, 3.05) is 19.6 Å². The van der Waals surface area contributed by atoms with Gasteiger partial charge in [-0.25, -0.2) is 0 Å². The fraction of sp³-hybridized carbons (Fsp3) is 1.00. The van der Waals surface area contributed by atoms with E-state index in [9.17, 15) is 18.3 Å². The van der Waals surface area contributed by atoms with Gasteiger partial charge in [-0.05, 0) is 20.4 Å². The van der Waals surface area contributed by atoms with Gasteiger partial charge in [-0.15, -0.1) is 0 Å². The number of hydrogen-bond acceptors (Lipinski definition) is 3. The average Bonchev–Trinajstić information content (AvgIpc) is 1.98. The summed E-state index contributed by atoms with van der Waals surface area (Å²) >= 11 is 0. The Morgan fingerprint density at radius 2 is 1.80 bits per heavy atom. The van der Waals surface area contributed by atoms with Crippen LogP contribution >= 0.6 is 0 Å². The van der Waals surface area contributed by atoms with Crippen molar-refractivity contribution in [3.05, 3.63) is 0 Å². The molecule has 0 saturated heterocycles. The van der Waals surface area contributed by atoms with Crippen LogP contribution < -0.4 is 5.73 Å². The van der Waals surface area contributed by atoms with E-state index in [-0.39, 0.29) is 13.1 Å². The zero-order valence-electron chi connectivity index (χ0n) is 9.30. The molecule has 1 atom stereocenters. The highest BCUT2D eigenvalue weighted by atomic mass is 19.4. The van der Waals surface area contributed by atoms with Gasteiger partial charge in [0.25, 0.3) is 0 Å². The molecule has 3 N–H and O–H groups in total. The van der Waals surface area contributed by atoms with Crippen molar-refractivity contribution in [3.8, 4) is 0 Å². The number of likely N-dealkylation sites (N-methyl/N-ethyl adjacent to an activating group) is 1. The van der Waals surface area contributed by atoms with Gasteiger partial charge >= 0.3 is 6.18 Å². The van der Waals surface area contributed by atoms with Crippen molar-refractivity contribution in [3.63, 3.8) is 0 Å². The Hall–Kier alpha value is -0.330. The number of aliphatic hydroxyl groups is 1. The molecule has 0 bridgehead atoms. The number of alkyl halides is 3. The van der Waals surface area contributed by atoms with Crippen LogP contribution in [0.2, 0.25) is 0 Å². The van der Waals surface area contributed by atoms with E-state index in [0.29, 0.717) is 0 Å². The van der Waals surface area contributed by atoms with Crippen molar-refractivity contribution >= 4 is 0 Å². The van der Waals surface area contributed by atoms with Crippen molar-refractivity contribution in [2.24, 2.45) is 5.73 Å². The molecule has 0 radical (unpaired) electrons. The van der Waals surface area contributed by atoms with Crippen LogP contribution in [0.3, 0.4) is 0 Å². The van der Waals surface area contributed by atoms with Crippen LogP contribution in [0.5, 0.6) is 0 Å². The summed E-state index contributed by atoms with van der Waals surface area (Å²) in [7, 11) is 0. The predicted octanol–water partition coefficient (Wildman–Crippen LogP) is 0.969. The molecule has 0 spiro atoms. The minimum Gasteiger partial charge on any atom is -0.389 e. The molecule has 15 heavy (non-hydrogen) atoms. The highest BCUT2D eigenvalue weighted by Gasteiger charge is 2.43. The van der Waals surface area contributed by atoms with Gasteiger partial charge < -0.3 is 10.8 Å². The van der Waals surface area contributed by atoms with Gasteiger partial charge in [-0.3, -0.25) is 4.90 Å². The largest absolute Gasteiger partial charge is 0.405 e. The topological polar surface area (TPSA) is 49.5 Å². The van der Waals surface area contributed by atoms with Crippen molar-refractivity contribution in [2.45, 2.75) is 38.6 Å². The zero-order chi connectivity index (χ0) is 12.3. The molecule has 0 aromatic heterocycles. The van der Waals surface area contributed by atoms with E-state index in [4.69, 9.17) is 5.73 Å².